The van der Waals surface area contributed by atoms with Crippen LogP contribution >= 0.6 is 15.9 Å². The van der Waals surface area contributed by atoms with E-state index in [1.54, 1.807) is 30.3 Å². The first-order valence-corrected chi connectivity index (χ1v) is 7.61. The van der Waals surface area contributed by atoms with Crippen molar-refractivity contribution in [2.45, 2.75) is 6.42 Å². The zero-order valence-electron chi connectivity index (χ0n) is 11.4. The van der Waals surface area contributed by atoms with E-state index in [0.29, 0.717) is 39.3 Å². The largest absolute Gasteiger partial charge is 0.492 e. The number of benzene rings is 2. The number of carbonyl (C=O) groups is 1. The van der Waals surface area contributed by atoms with Gasteiger partial charge in [0.1, 0.15) is 17.3 Å². The Balaban J connectivity index is 1.85. The Morgan fingerprint density at radius 2 is 2.00 bits per heavy atom. The third kappa shape index (κ3) is 1.96. The van der Waals surface area contributed by atoms with Gasteiger partial charge in [0, 0.05) is 17.5 Å². The van der Waals surface area contributed by atoms with Gasteiger partial charge in [-0.15, -0.1) is 0 Å². The Morgan fingerprint density at radius 1 is 1.23 bits per heavy atom. The molecule has 0 amide bonds. The fourth-order valence-electron chi connectivity index (χ4n) is 2.73. The zero-order chi connectivity index (χ0) is 15.3. The molecule has 0 unspecified atom stereocenters. The molecule has 4 rings (SSSR count). The molecule has 0 radical (unpaired) electrons. The fourth-order valence-corrected chi connectivity index (χ4v) is 3.33. The third-order valence-electron chi connectivity index (χ3n) is 3.79. The molecule has 5 heteroatoms. The van der Waals surface area contributed by atoms with Crippen LogP contribution in [0.1, 0.15) is 27.0 Å². The Bertz CT molecular complexity index is 842. The van der Waals surface area contributed by atoms with Gasteiger partial charge in [-0.1, -0.05) is 18.2 Å². The molecule has 0 spiro atoms. The minimum absolute atomic E-state index is 0.312. The van der Waals surface area contributed by atoms with Crippen molar-refractivity contribution in [3.8, 4) is 5.75 Å². The summed E-state index contributed by atoms with van der Waals surface area (Å²) in [5, 5.41) is 0. The Kier molecular flexibility index (Phi) is 3.04. The molecule has 2 aromatic rings. The van der Waals surface area contributed by atoms with Crippen LogP contribution in [0.2, 0.25) is 0 Å². The van der Waals surface area contributed by atoms with E-state index in [9.17, 15) is 9.18 Å². The van der Waals surface area contributed by atoms with Gasteiger partial charge in [0.05, 0.1) is 16.6 Å². The summed E-state index contributed by atoms with van der Waals surface area (Å²) in [5.41, 5.74) is 2.49. The van der Waals surface area contributed by atoms with E-state index in [1.165, 1.54) is 0 Å². The van der Waals surface area contributed by atoms with Gasteiger partial charge in [0.25, 0.3) is 0 Å². The molecule has 110 valence electrons. The van der Waals surface area contributed by atoms with Crippen LogP contribution in [0.3, 0.4) is 0 Å². The number of ether oxygens (including phenoxy) is 2. The molecular weight excluding hydrogens is 351 g/mol. The standard InChI is InChI=1S/C17H10BrFO3/c18-14-15(19)10(7-9-5-6-21-16(9)14)8-13-11-3-1-2-4-12(11)17(20)22-13/h1-4,7-8H,5-6H2/b13-8-. The van der Waals surface area contributed by atoms with Crippen molar-refractivity contribution < 1.29 is 18.7 Å². The molecule has 0 bridgehead atoms. The molecule has 2 aromatic carbocycles. The van der Waals surface area contributed by atoms with E-state index in [0.717, 1.165) is 12.0 Å². The van der Waals surface area contributed by atoms with Gasteiger partial charge in [0.2, 0.25) is 0 Å². The third-order valence-corrected chi connectivity index (χ3v) is 4.49. The first-order chi connectivity index (χ1) is 10.6. The zero-order valence-corrected chi connectivity index (χ0v) is 12.9. The average molecular weight is 361 g/mol. The highest BCUT2D eigenvalue weighted by Gasteiger charge is 2.27. The molecular formula is C17H10BrFO3. The molecule has 2 aliphatic rings. The van der Waals surface area contributed by atoms with E-state index < -0.39 is 11.8 Å². The van der Waals surface area contributed by atoms with Gasteiger partial charge >= 0.3 is 5.97 Å². The average Bonchev–Trinajstić information content (AvgIpc) is 3.11. The second kappa shape index (κ2) is 4.95. The van der Waals surface area contributed by atoms with E-state index in [1.807, 2.05) is 6.07 Å². The van der Waals surface area contributed by atoms with E-state index in [-0.39, 0.29) is 0 Å². The summed E-state index contributed by atoms with van der Waals surface area (Å²) in [7, 11) is 0. The van der Waals surface area contributed by atoms with Crippen LogP contribution in [0, 0.1) is 5.82 Å². The van der Waals surface area contributed by atoms with Gasteiger partial charge < -0.3 is 9.47 Å². The Labute approximate surface area is 134 Å². The van der Waals surface area contributed by atoms with Crippen molar-refractivity contribution in [1.29, 1.82) is 0 Å². The lowest BCUT2D eigenvalue weighted by molar-refractivity contribution is 0.0717. The monoisotopic (exact) mass is 360 g/mol. The maximum Gasteiger partial charge on any atom is 0.344 e. The van der Waals surface area contributed by atoms with E-state index in [2.05, 4.69) is 15.9 Å². The van der Waals surface area contributed by atoms with Crippen molar-refractivity contribution in [1.82, 2.24) is 0 Å². The van der Waals surface area contributed by atoms with Crippen molar-refractivity contribution in [2.24, 2.45) is 0 Å². The Hall–Kier alpha value is -2.14. The lowest BCUT2D eigenvalue weighted by Crippen LogP contribution is -1.93. The van der Waals surface area contributed by atoms with Gasteiger partial charge in [0.15, 0.2) is 0 Å². The summed E-state index contributed by atoms with van der Waals surface area (Å²) in [6, 6.07) is 8.81. The predicted molar refractivity (Wildman–Crippen MR) is 83.0 cm³/mol. The Morgan fingerprint density at radius 3 is 2.82 bits per heavy atom. The quantitative estimate of drug-likeness (QED) is 0.715. The first kappa shape index (κ1) is 13.5. The number of fused-ring (bicyclic) bond motifs is 2. The molecule has 0 aliphatic carbocycles. The molecule has 0 saturated heterocycles. The number of cyclic esters (lactones) is 1. The number of carbonyl (C=O) groups excluding carboxylic acids is 1. The number of rotatable bonds is 1. The molecule has 2 heterocycles. The summed E-state index contributed by atoms with van der Waals surface area (Å²) in [4.78, 5) is 11.8. The fraction of sp³-hybridized carbons (Fsp3) is 0.118. The normalized spacial score (nSPS) is 17.2. The second-order valence-corrected chi connectivity index (χ2v) is 5.92. The maximum atomic E-state index is 14.5. The number of hydrogen-bond donors (Lipinski definition) is 0. The predicted octanol–water partition coefficient (Wildman–Crippen LogP) is 4.19. The van der Waals surface area contributed by atoms with Crippen LogP contribution in [0.5, 0.6) is 5.75 Å². The molecule has 3 nitrogen and oxygen atoms in total. The highest BCUT2D eigenvalue weighted by atomic mass is 79.9. The summed E-state index contributed by atoms with van der Waals surface area (Å²) < 4.78 is 25.5. The molecule has 0 saturated carbocycles. The highest BCUT2D eigenvalue weighted by Crippen LogP contribution is 2.39. The highest BCUT2D eigenvalue weighted by molar-refractivity contribution is 9.10. The maximum absolute atomic E-state index is 14.5. The summed E-state index contributed by atoms with van der Waals surface area (Å²) in [5.74, 6) is 0.0909. The van der Waals surface area contributed by atoms with Crippen molar-refractivity contribution in [2.75, 3.05) is 6.61 Å². The van der Waals surface area contributed by atoms with Gasteiger partial charge in [-0.25, -0.2) is 9.18 Å². The van der Waals surface area contributed by atoms with Crippen LogP contribution in [0.15, 0.2) is 34.8 Å². The van der Waals surface area contributed by atoms with Crippen molar-refractivity contribution in [3.63, 3.8) is 0 Å². The molecule has 22 heavy (non-hydrogen) atoms. The lowest BCUT2D eigenvalue weighted by Gasteiger charge is -2.07. The van der Waals surface area contributed by atoms with Crippen LogP contribution in [-0.2, 0) is 11.2 Å². The summed E-state index contributed by atoms with van der Waals surface area (Å²) in [6.45, 7) is 0.547. The smallest absolute Gasteiger partial charge is 0.344 e. The number of esters is 1. The van der Waals surface area contributed by atoms with E-state index >= 15 is 0 Å². The minimum atomic E-state index is -0.423. The molecule has 2 aliphatic heterocycles. The van der Waals surface area contributed by atoms with Crippen molar-refractivity contribution in [3.05, 3.63) is 62.9 Å². The number of halogens is 2. The molecule has 0 fully saturated rings. The van der Waals surface area contributed by atoms with Crippen LogP contribution in [0.4, 0.5) is 4.39 Å². The van der Waals surface area contributed by atoms with E-state index in [4.69, 9.17) is 9.47 Å². The van der Waals surface area contributed by atoms with Crippen LogP contribution < -0.4 is 4.74 Å². The SMILES string of the molecule is O=C1O/C(=C\c2cc3c(c(Br)c2F)OCC3)c2ccccc21. The van der Waals surface area contributed by atoms with Gasteiger partial charge in [-0.3, -0.25) is 0 Å². The summed E-state index contributed by atoms with van der Waals surface area (Å²) in [6.07, 6.45) is 2.29. The molecule has 0 aromatic heterocycles. The number of hydrogen-bond acceptors (Lipinski definition) is 3. The lowest BCUT2D eigenvalue weighted by atomic mass is 10.0. The van der Waals surface area contributed by atoms with Gasteiger partial charge in [-0.2, -0.15) is 0 Å². The topological polar surface area (TPSA) is 35.5 Å². The molecule has 0 atom stereocenters. The van der Waals surface area contributed by atoms with Crippen molar-refractivity contribution >= 4 is 33.7 Å². The minimum Gasteiger partial charge on any atom is -0.492 e. The summed E-state index contributed by atoms with van der Waals surface area (Å²) >= 11 is 3.24. The van der Waals surface area contributed by atoms with Crippen LogP contribution in [0.25, 0.3) is 11.8 Å². The van der Waals surface area contributed by atoms with Crippen LogP contribution in [-0.4, -0.2) is 12.6 Å². The first-order valence-electron chi connectivity index (χ1n) is 6.82. The second-order valence-electron chi connectivity index (χ2n) is 5.12. The molecule has 0 N–H and O–H groups in total. The van der Waals surface area contributed by atoms with Gasteiger partial charge in [-0.05, 0) is 39.7 Å².